The first kappa shape index (κ1) is 21.6. The summed E-state index contributed by atoms with van der Waals surface area (Å²) < 4.78 is 44.1. The van der Waals surface area contributed by atoms with Crippen LogP contribution in [-0.2, 0) is 13.1 Å². The normalized spacial score (nSPS) is 11.2. The molecule has 0 aliphatic carbocycles. The molecule has 34 heavy (non-hydrogen) atoms. The van der Waals surface area contributed by atoms with E-state index in [-0.39, 0.29) is 42.1 Å². The van der Waals surface area contributed by atoms with Gasteiger partial charge in [-0.2, -0.15) is 5.10 Å². The molecule has 5 aromatic rings. The molecule has 0 aliphatic heterocycles. The summed E-state index contributed by atoms with van der Waals surface area (Å²) in [7, 11) is 0. The van der Waals surface area contributed by atoms with Gasteiger partial charge in [-0.05, 0) is 42.8 Å². The molecule has 0 fully saturated rings. The maximum atomic E-state index is 14.8. The molecule has 0 radical (unpaired) electrons. The van der Waals surface area contributed by atoms with Crippen LogP contribution in [0.25, 0.3) is 22.6 Å². The van der Waals surface area contributed by atoms with Gasteiger partial charge in [0.2, 0.25) is 0 Å². The van der Waals surface area contributed by atoms with Crippen LogP contribution < -0.4 is 5.32 Å². The Morgan fingerprint density at radius 1 is 0.941 bits per heavy atom. The molecule has 5 rings (SSSR count). The maximum Gasteiger partial charge on any atom is 0.186 e. The number of nitrogens with zero attached hydrogens (tertiary/aromatic N) is 5. The summed E-state index contributed by atoms with van der Waals surface area (Å²) in [5, 5.41) is 8.17. The molecule has 0 saturated heterocycles. The number of fused-ring (bicyclic) bond motifs is 1. The molecule has 1 N–H and O–H groups in total. The van der Waals surface area contributed by atoms with Gasteiger partial charge in [0.1, 0.15) is 17.3 Å². The summed E-state index contributed by atoms with van der Waals surface area (Å²) >= 11 is 0. The number of hydrogen-bond acceptors (Lipinski definition) is 5. The van der Waals surface area contributed by atoms with E-state index in [1.165, 1.54) is 25.1 Å². The molecule has 2 aromatic carbocycles. The highest BCUT2D eigenvalue weighted by Crippen LogP contribution is 2.27. The SMILES string of the molecule is Cc1nc(-c2nn(Cc3ccccc3F)c3ncccc23)nc(NCc2cccc(F)c2)c1F. The smallest absolute Gasteiger partial charge is 0.186 e. The number of benzene rings is 2. The molecule has 0 aliphatic rings. The Morgan fingerprint density at radius 3 is 2.62 bits per heavy atom. The van der Waals surface area contributed by atoms with E-state index in [0.717, 1.165) is 0 Å². The van der Waals surface area contributed by atoms with Crippen LogP contribution >= 0.6 is 0 Å². The molecule has 0 atom stereocenters. The van der Waals surface area contributed by atoms with Crippen molar-refractivity contribution >= 4 is 16.9 Å². The van der Waals surface area contributed by atoms with E-state index >= 15 is 0 Å². The first-order valence-corrected chi connectivity index (χ1v) is 10.6. The zero-order valence-electron chi connectivity index (χ0n) is 18.1. The van der Waals surface area contributed by atoms with Crippen molar-refractivity contribution in [3.05, 3.63) is 101 Å². The third-order valence-electron chi connectivity index (χ3n) is 5.36. The van der Waals surface area contributed by atoms with Crippen molar-refractivity contribution < 1.29 is 13.2 Å². The van der Waals surface area contributed by atoms with E-state index in [4.69, 9.17) is 0 Å². The molecule has 0 bridgehead atoms. The highest BCUT2D eigenvalue weighted by Gasteiger charge is 2.20. The highest BCUT2D eigenvalue weighted by molar-refractivity contribution is 5.89. The predicted octanol–water partition coefficient (Wildman–Crippen LogP) is 5.27. The van der Waals surface area contributed by atoms with Crippen molar-refractivity contribution in [2.24, 2.45) is 0 Å². The van der Waals surface area contributed by atoms with Crippen molar-refractivity contribution in [2.75, 3.05) is 5.32 Å². The Bertz CT molecular complexity index is 1500. The number of pyridine rings is 1. The number of halogens is 3. The Balaban J connectivity index is 1.54. The van der Waals surface area contributed by atoms with Crippen LogP contribution in [0, 0.1) is 24.4 Å². The lowest BCUT2D eigenvalue weighted by molar-refractivity contribution is 0.589. The van der Waals surface area contributed by atoms with Gasteiger partial charge in [0.05, 0.1) is 17.6 Å². The lowest BCUT2D eigenvalue weighted by atomic mass is 10.2. The Kier molecular flexibility index (Phi) is 5.67. The van der Waals surface area contributed by atoms with Gasteiger partial charge in [-0.3, -0.25) is 0 Å². The minimum atomic E-state index is -0.603. The summed E-state index contributed by atoms with van der Waals surface area (Å²) in [6, 6.07) is 16.0. The minimum absolute atomic E-state index is 0.0209. The number of aromatic nitrogens is 5. The van der Waals surface area contributed by atoms with Gasteiger partial charge in [0.15, 0.2) is 23.1 Å². The van der Waals surface area contributed by atoms with Gasteiger partial charge < -0.3 is 5.32 Å². The Hall–Kier alpha value is -4.27. The molecule has 3 heterocycles. The number of rotatable bonds is 6. The van der Waals surface area contributed by atoms with Crippen LogP contribution in [0.2, 0.25) is 0 Å². The van der Waals surface area contributed by atoms with Crippen molar-refractivity contribution in [3.63, 3.8) is 0 Å². The zero-order valence-corrected chi connectivity index (χ0v) is 18.1. The molecule has 0 spiro atoms. The van der Waals surface area contributed by atoms with Gasteiger partial charge in [-0.25, -0.2) is 32.8 Å². The Morgan fingerprint density at radius 2 is 1.79 bits per heavy atom. The highest BCUT2D eigenvalue weighted by atomic mass is 19.1. The van der Waals surface area contributed by atoms with Gasteiger partial charge >= 0.3 is 0 Å². The molecule has 6 nitrogen and oxygen atoms in total. The summed E-state index contributed by atoms with van der Waals surface area (Å²) in [5.74, 6) is -1.15. The summed E-state index contributed by atoms with van der Waals surface area (Å²) in [6.45, 7) is 1.87. The number of anilines is 1. The predicted molar refractivity (Wildman–Crippen MR) is 122 cm³/mol. The van der Waals surface area contributed by atoms with Crippen molar-refractivity contribution in [3.8, 4) is 11.5 Å². The molecule has 170 valence electrons. The summed E-state index contributed by atoms with van der Waals surface area (Å²) in [4.78, 5) is 13.1. The van der Waals surface area contributed by atoms with Crippen LogP contribution in [0.15, 0.2) is 66.9 Å². The molecule has 3 aromatic heterocycles. The fourth-order valence-electron chi connectivity index (χ4n) is 3.69. The second-order valence-electron chi connectivity index (χ2n) is 7.75. The molecular weight excluding hydrogens is 441 g/mol. The number of nitrogens with one attached hydrogen (secondary N) is 1. The fraction of sp³-hybridized carbons (Fsp3) is 0.120. The van der Waals surface area contributed by atoms with E-state index in [0.29, 0.717) is 27.9 Å². The number of hydrogen-bond donors (Lipinski definition) is 1. The quantitative estimate of drug-likeness (QED) is 0.374. The largest absolute Gasteiger partial charge is 0.363 e. The zero-order chi connectivity index (χ0) is 23.7. The average molecular weight is 460 g/mol. The molecule has 0 unspecified atom stereocenters. The number of aryl methyl sites for hydroxylation is 1. The standard InChI is InChI=1S/C25H19F3N6/c1-15-21(28)23(30-13-16-6-4-8-18(26)12-16)32-24(31-15)22-19-9-5-11-29-25(19)34(33-22)14-17-7-2-3-10-20(17)27/h2-12H,13-14H2,1H3,(H,30,31,32). The third-order valence-corrected chi connectivity index (χ3v) is 5.36. The fourth-order valence-corrected chi connectivity index (χ4v) is 3.69. The van der Waals surface area contributed by atoms with E-state index in [9.17, 15) is 13.2 Å². The van der Waals surface area contributed by atoms with E-state index < -0.39 is 5.82 Å². The third kappa shape index (κ3) is 4.19. The van der Waals surface area contributed by atoms with Crippen LogP contribution in [0.3, 0.4) is 0 Å². The van der Waals surface area contributed by atoms with E-state index in [1.54, 1.807) is 47.3 Å². The van der Waals surface area contributed by atoms with Gasteiger partial charge in [-0.15, -0.1) is 0 Å². The maximum absolute atomic E-state index is 14.8. The van der Waals surface area contributed by atoms with Crippen LogP contribution in [-0.4, -0.2) is 24.7 Å². The van der Waals surface area contributed by atoms with Crippen molar-refractivity contribution in [1.29, 1.82) is 0 Å². The summed E-state index contributed by atoms with van der Waals surface area (Å²) in [6.07, 6.45) is 1.62. The molecule has 0 saturated carbocycles. The minimum Gasteiger partial charge on any atom is -0.363 e. The first-order chi connectivity index (χ1) is 16.5. The van der Waals surface area contributed by atoms with Crippen molar-refractivity contribution in [2.45, 2.75) is 20.0 Å². The molecule has 0 amide bonds. The van der Waals surface area contributed by atoms with Crippen LogP contribution in [0.4, 0.5) is 19.0 Å². The van der Waals surface area contributed by atoms with Gasteiger partial charge in [0, 0.05) is 18.3 Å². The van der Waals surface area contributed by atoms with E-state index in [1.807, 2.05) is 6.07 Å². The monoisotopic (exact) mass is 460 g/mol. The van der Waals surface area contributed by atoms with Gasteiger partial charge in [0.25, 0.3) is 0 Å². The van der Waals surface area contributed by atoms with Crippen LogP contribution in [0.1, 0.15) is 16.8 Å². The average Bonchev–Trinajstić information content (AvgIpc) is 3.20. The van der Waals surface area contributed by atoms with Crippen molar-refractivity contribution in [1.82, 2.24) is 24.7 Å². The van der Waals surface area contributed by atoms with E-state index in [2.05, 4.69) is 25.4 Å². The molecular formula is C25H19F3N6. The topological polar surface area (TPSA) is 68.5 Å². The van der Waals surface area contributed by atoms with Gasteiger partial charge in [-0.1, -0.05) is 30.3 Å². The first-order valence-electron chi connectivity index (χ1n) is 10.6. The lowest BCUT2D eigenvalue weighted by Gasteiger charge is -2.10. The summed E-state index contributed by atoms with van der Waals surface area (Å²) in [5.41, 5.74) is 2.16. The van der Waals surface area contributed by atoms with Crippen LogP contribution in [0.5, 0.6) is 0 Å². The Labute approximate surface area is 193 Å². The molecule has 9 heteroatoms. The second kappa shape index (κ2) is 8.93. The lowest BCUT2D eigenvalue weighted by Crippen LogP contribution is -2.08. The second-order valence-corrected chi connectivity index (χ2v) is 7.75.